The Labute approximate surface area is 201 Å². The normalized spacial score (nSPS) is 17.9. The van der Waals surface area contributed by atoms with Crippen LogP contribution in [0.15, 0.2) is 59.7 Å². The topological polar surface area (TPSA) is 52.3 Å². The third kappa shape index (κ3) is 3.79. The van der Waals surface area contributed by atoms with Crippen LogP contribution in [0.25, 0.3) is 16.6 Å². The number of benzene rings is 2. The number of rotatable bonds is 5. The van der Waals surface area contributed by atoms with Crippen LogP contribution in [0.3, 0.4) is 0 Å². The van der Waals surface area contributed by atoms with E-state index in [1.807, 2.05) is 29.1 Å². The minimum absolute atomic E-state index is 0.126. The molecule has 1 unspecified atom stereocenters. The first-order chi connectivity index (χ1) is 16.6. The van der Waals surface area contributed by atoms with Gasteiger partial charge in [-0.05, 0) is 62.3 Å². The monoisotopic (exact) mass is 478 g/mol. The molecule has 0 N–H and O–H groups in total. The molecule has 0 radical (unpaired) electrons. The van der Waals surface area contributed by atoms with Gasteiger partial charge in [-0.25, -0.2) is 4.39 Å². The van der Waals surface area contributed by atoms with Crippen LogP contribution >= 0.6 is 11.6 Å². The molecular formula is C26H24ClFN4O2. The minimum Gasteiger partial charge on any atom is -0.485 e. The summed E-state index contributed by atoms with van der Waals surface area (Å²) >= 11 is 6.22. The summed E-state index contributed by atoms with van der Waals surface area (Å²) in [6.07, 6.45) is 6.12. The predicted molar refractivity (Wildman–Crippen MR) is 129 cm³/mol. The summed E-state index contributed by atoms with van der Waals surface area (Å²) < 4.78 is 23.1. The molecule has 8 heteroatoms. The average Bonchev–Trinajstić information content (AvgIpc) is 3.57. The second-order valence-corrected chi connectivity index (χ2v) is 9.38. The van der Waals surface area contributed by atoms with E-state index >= 15 is 0 Å². The van der Waals surface area contributed by atoms with Crippen LogP contribution < -0.4 is 10.3 Å². The molecular weight excluding hydrogens is 455 g/mol. The summed E-state index contributed by atoms with van der Waals surface area (Å²) in [6, 6.07) is 12.0. The van der Waals surface area contributed by atoms with Gasteiger partial charge in [0.15, 0.2) is 0 Å². The largest absolute Gasteiger partial charge is 0.485 e. The molecule has 6 nitrogen and oxygen atoms in total. The van der Waals surface area contributed by atoms with Gasteiger partial charge in [0.05, 0.1) is 28.8 Å². The smallest absolute Gasteiger partial charge is 0.262 e. The van der Waals surface area contributed by atoms with E-state index < -0.39 is 11.9 Å². The van der Waals surface area contributed by atoms with Gasteiger partial charge in [-0.2, -0.15) is 5.10 Å². The summed E-state index contributed by atoms with van der Waals surface area (Å²) in [5, 5.41) is 5.87. The minimum atomic E-state index is -0.414. The SMILES string of the molecule is O=c1c2c(ccn1-c1ccc3c(cnn3CCN3CCCC3)c1)OC(c1ccc(F)cc1Cl)C2. The quantitative estimate of drug-likeness (QED) is 0.415. The summed E-state index contributed by atoms with van der Waals surface area (Å²) in [6.45, 7) is 4.19. The Hall–Kier alpha value is -3.16. The van der Waals surface area contributed by atoms with Crippen molar-refractivity contribution in [3.05, 3.63) is 87.2 Å². The standard InChI is InChI=1S/C26H24ClFN4O2/c27-22-14-18(28)3-5-20(22)25-15-21-24(34-25)7-10-31(26(21)33)19-4-6-23-17(13-19)16-29-32(23)12-11-30-8-1-2-9-30/h3-7,10,13-14,16,25H,1-2,8-9,11-12,15H2. The van der Waals surface area contributed by atoms with Crippen molar-refractivity contribution in [2.24, 2.45) is 0 Å². The summed E-state index contributed by atoms with van der Waals surface area (Å²) in [7, 11) is 0. The van der Waals surface area contributed by atoms with Crippen molar-refractivity contribution in [2.75, 3.05) is 19.6 Å². The van der Waals surface area contributed by atoms with Crippen LogP contribution in [-0.4, -0.2) is 38.9 Å². The highest BCUT2D eigenvalue weighted by atomic mass is 35.5. The zero-order chi connectivity index (χ0) is 23.2. The summed E-state index contributed by atoms with van der Waals surface area (Å²) in [4.78, 5) is 15.8. The van der Waals surface area contributed by atoms with Gasteiger partial charge in [-0.1, -0.05) is 17.7 Å². The lowest BCUT2D eigenvalue weighted by atomic mass is 10.0. The van der Waals surface area contributed by atoms with Crippen molar-refractivity contribution < 1.29 is 9.13 Å². The number of hydrogen-bond donors (Lipinski definition) is 0. The lowest BCUT2D eigenvalue weighted by Crippen LogP contribution is -2.24. The first-order valence-corrected chi connectivity index (χ1v) is 12.0. The number of nitrogens with zero attached hydrogens (tertiary/aromatic N) is 4. The molecule has 2 aromatic carbocycles. The Morgan fingerprint density at radius 2 is 1.94 bits per heavy atom. The number of halogens is 2. The Morgan fingerprint density at radius 3 is 2.76 bits per heavy atom. The Bertz CT molecular complexity index is 1440. The molecule has 2 aromatic heterocycles. The number of aromatic nitrogens is 3. The van der Waals surface area contributed by atoms with Crippen LogP contribution in [0.5, 0.6) is 5.75 Å². The van der Waals surface area contributed by atoms with Gasteiger partial charge >= 0.3 is 0 Å². The third-order valence-electron chi connectivity index (χ3n) is 6.85. The fourth-order valence-electron chi connectivity index (χ4n) is 5.02. The van der Waals surface area contributed by atoms with Crippen LogP contribution in [0.1, 0.15) is 30.1 Å². The zero-order valence-corrected chi connectivity index (χ0v) is 19.3. The van der Waals surface area contributed by atoms with Crippen LogP contribution in [0, 0.1) is 5.82 Å². The zero-order valence-electron chi connectivity index (χ0n) is 18.6. The maximum atomic E-state index is 13.4. The molecule has 1 atom stereocenters. The van der Waals surface area contributed by atoms with E-state index in [-0.39, 0.29) is 5.56 Å². The van der Waals surface area contributed by atoms with E-state index in [1.54, 1.807) is 22.9 Å². The highest BCUT2D eigenvalue weighted by Crippen LogP contribution is 2.37. The maximum Gasteiger partial charge on any atom is 0.262 e. The number of fused-ring (bicyclic) bond motifs is 2. The van der Waals surface area contributed by atoms with Gasteiger partial charge < -0.3 is 9.64 Å². The Morgan fingerprint density at radius 1 is 1.09 bits per heavy atom. The van der Waals surface area contributed by atoms with Crippen LogP contribution in [0.2, 0.25) is 5.02 Å². The van der Waals surface area contributed by atoms with Crippen molar-refractivity contribution >= 4 is 22.5 Å². The van der Waals surface area contributed by atoms with E-state index in [2.05, 4.69) is 10.00 Å². The number of ether oxygens (including phenoxy) is 1. The molecule has 4 aromatic rings. The van der Waals surface area contributed by atoms with Crippen molar-refractivity contribution in [3.63, 3.8) is 0 Å². The Balaban J connectivity index is 1.26. The van der Waals surface area contributed by atoms with Gasteiger partial charge in [-0.3, -0.25) is 14.0 Å². The summed E-state index contributed by atoms with van der Waals surface area (Å²) in [5.74, 6) is 0.142. The highest BCUT2D eigenvalue weighted by molar-refractivity contribution is 6.31. The lowest BCUT2D eigenvalue weighted by Gasteiger charge is -2.14. The molecule has 34 heavy (non-hydrogen) atoms. The van der Waals surface area contributed by atoms with Crippen LogP contribution in [-0.2, 0) is 13.0 Å². The maximum absolute atomic E-state index is 13.4. The van der Waals surface area contributed by atoms with E-state index in [0.717, 1.165) is 29.7 Å². The fraction of sp³-hybridized carbons (Fsp3) is 0.308. The molecule has 0 bridgehead atoms. The molecule has 0 aliphatic carbocycles. The van der Waals surface area contributed by atoms with Crippen molar-refractivity contribution in [2.45, 2.75) is 31.9 Å². The first kappa shape index (κ1) is 21.4. The molecule has 1 fully saturated rings. The second kappa shape index (κ2) is 8.56. The highest BCUT2D eigenvalue weighted by Gasteiger charge is 2.29. The molecule has 174 valence electrons. The molecule has 4 heterocycles. The van der Waals surface area contributed by atoms with Gasteiger partial charge in [-0.15, -0.1) is 0 Å². The van der Waals surface area contributed by atoms with E-state index in [4.69, 9.17) is 16.3 Å². The summed E-state index contributed by atoms with van der Waals surface area (Å²) in [5.41, 5.74) is 2.98. The molecule has 1 saturated heterocycles. The molecule has 2 aliphatic heterocycles. The van der Waals surface area contributed by atoms with E-state index in [9.17, 15) is 9.18 Å². The van der Waals surface area contributed by atoms with Gasteiger partial charge in [0.1, 0.15) is 17.7 Å². The average molecular weight is 479 g/mol. The van der Waals surface area contributed by atoms with Crippen molar-refractivity contribution in [1.82, 2.24) is 19.2 Å². The van der Waals surface area contributed by atoms with E-state index in [0.29, 0.717) is 28.3 Å². The van der Waals surface area contributed by atoms with Crippen LogP contribution in [0.4, 0.5) is 4.39 Å². The van der Waals surface area contributed by atoms with Gasteiger partial charge in [0.2, 0.25) is 0 Å². The van der Waals surface area contributed by atoms with E-state index in [1.165, 1.54) is 38.1 Å². The molecule has 6 rings (SSSR count). The molecule has 0 spiro atoms. The third-order valence-corrected chi connectivity index (χ3v) is 7.18. The van der Waals surface area contributed by atoms with Crippen molar-refractivity contribution in [3.8, 4) is 11.4 Å². The number of hydrogen-bond acceptors (Lipinski definition) is 4. The van der Waals surface area contributed by atoms with Gasteiger partial charge in [0, 0.05) is 35.8 Å². The molecule has 2 aliphatic rings. The second-order valence-electron chi connectivity index (χ2n) is 8.97. The molecule has 0 amide bonds. The fourth-order valence-corrected chi connectivity index (χ4v) is 5.31. The van der Waals surface area contributed by atoms with Gasteiger partial charge in [0.25, 0.3) is 5.56 Å². The molecule has 0 saturated carbocycles. The first-order valence-electron chi connectivity index (χ1n) is 11.6. The number of pyridine rings is 1. The Kier molecular flexibility index (Phi) is 5.38. The number of likely N-dealkylation sites (tertiary alicyclic amines) is 1. The lowest BCUT2D eigenvalue weighted by molar-refractivity contribution is 0.238. The van der Waals surface area contributed by atoms with Crippen molar-refractivity contribution in [1.29, 1.82) is 0 Å². The predicted octanol–water partition coefficient (Wildman–Crippen LogP) is 4.75.